The number of benzene rings is 2. The van der Waals surface area contributed by atoms with E-state index >= 15 is 0 Å². The Labute approximate surface area is 169 Å². The molecule has 0 fully saturated rings. The van der Waals surface area contributed by atoms with Gasteiger partial charge < -0.3 is 24.4 Å². The van der Waals surface area contributed by atoms with E-state index < -0.39 is 23.6 Å². The van der Waals surface area contributed by atoms with Gasteiger partial charge in [0.1, 0.15) is 29.1 Å². The van der Waals surface area contributed by atoms with Gasteiger partial charge in [-0.1, -0.05) is 30.3 Å². The van der Waals surface area contributed by atoms with E-state index in [9.17, 15) is 15.0 Å². The number of aromatic hydroxyl groups is 1. The molecule has 0 aromatic heterocycles. The van der Waals surface area contributed by atoms with Gasteiger partial charge in [0.15, 0.2) is 0 Å². The fourth-order valence-corrected chi connectivity index (χ4v) is 3.99. The molecule has 2 atom stereocenters. The molecule has 0 saturated carbocycles. The van der Waals surface area contributed by atoms with Crippen molar-refractivity contribution in [2.24, 2.45) is 0 Å². The van der Waals surface area contributed by atoms with Crippen LogP contribution >= 0.6 is 0 Å². The molecule has 2 aliphatic rings. The minimum absolute atomic E-state index is 0.0926. The number of phenolic OH excluding ortho intramolecular Hbond substituents is 1. The molecule has 6 nitrogen and oxygen atoms in total. The Morgan fingerprint density at radius 2 is 2.00 bits per heavy atom. The minimum Gasteiger partial charge on any atom is -0.507 e. The Morgan fingerprint density at radius 1 is 1.28 bits per heavy atom. The van der Waals surface area contributed by atoms with Crippen LogP contribution in [0.1, 0.15) is 43.4 Å². The van der Waals surface area contributed by atoms with Crippen LogP contribution < -0.4 is 9.47 Å². The summed E-state index contributed by atoms with van der Waals surface area (Å²) in [5.41, 5.74) is 0.979. The lowest BCUT2D eigenvalue weighted by Gasteiger charge is -2.33. The molecule has 2 aromatic rings. The van der Waals surface area contributed by atoms with Gasteiger partial charge in [-0.05, 0) is 19.9 Å². The number of esters is 1. The molecular weight excluding hydrogens is 372 g/mol. The van der Waals surface area contributed by atoms with E-state index in [1.54, 1.807) is 19.9 Å². The number of hydrogen-bond donors (Lipinski definition) is 2. The highest BCUT2D eigenvalue weighted by Crippen LogP contribution is 2.51. The van der Waals surface area contributed by atoms with Gasteiger partial charge in [0.2, 0.25) is 0 Å². The lowest BCUT2D eigenvalue weighted by atomic mass is 9.84. The second-order valence-electron chi connectivity index (χ2n) is 7.96. The number of carbonyl (C=O) groups is 1. The zero-order valence-electron chi connectivity index (χ0n) is 16.6. The number of ether oxygens (including phenoxy) is 3. The molecule has 2 aliphatic heterocycles. The van der Waals surface area contributed by atoms with E-state index in [4.69, 9.17) is 14.2 Å². The predicted molar refractivity (Wildman–Crippen MR) is 107 cm³/mol. The minimum atomic E-state index is -1.29. The van der Waals surface area contributed by atoms with Crippen molar-refractivity contribution in [3.63, 3.8) is 0 Å². The SMILES string of the molecule is CC(=O)OC(C1COc2cc(O)c3c(c21)OC(c1ccccc1)=CC3)C(C)(C)O. The largest absolute Gasteiger partial charge is 0.507 e. The molecule has 29 heavy (non-hydrogen) atoms. The molecule has 152 valence electrons. The molecule has 0 spiro atoms. The highest BCUT2D eigenvalue weighted by Gasteiger charge is 2.45. The quantitative estimate of drug-likeness (QED) is 0.769. The Morgan fingerprint density at radius 3 is 2.66 bits per heavy atom. The molecule has 0 aliphatic carbocycles. The van der Waals surface area contributed by atoms with Crippen molar-refractivity contribution >= 4 is 11.7 Å². The van der Waals surface area contributed by atoms with Crippen LogP contribution in [0.25, 0.3) is 5.76 Å². The third kappa shape index (κ3) is 3.56. The maximum absolute atomic E-state index is 11.7. The highest BCUT2D eigenvalue weighted by molar-refractivity contribution is 5.71. The van der Waals surface area contributed by atoms with Crippen molar-refractivity contribution in [1.82, 2.24) is 0 Å². The van der Waals surface area contributed by atoms with E-state index in [2.05, 4.69) is 0 Å². The number of phenols is 1. The molecule has 2 N–H and O–H groups in total. The summed E-state index contributed by atoms with van der Waals surface area (Å²) in [6.45, 7) is 4.72. The second kappa shape index (κ2) is 7.12. The predicted octanol–water partition coefficient (Wildman–Crippen LogP) is 3.55. The van der Waals surface area contributed by atoms with Crippen LogP contribution in [0.3, 0.4) is 0 Å². The van der Waals surface area contributed by atoms with E-state index in [1.165, 1.54) is 6.92 Å². The van der Waals surface area contributed by atoms with Gasteiger partial charge in [-0.2, -0.15) is 0 Å². The molecular formula is C23H24O6. The Kier molecular flexibility index (Phi) is 4.74. The average molecular weight is 396 g/mol. The fraction of sp³-hybridized carbons (Fsp3) is 0.348. The highest BCUT2D eigenvalue weighted by atomic mass is 16.6. The maximum Gasteiger partial charge on any atom is 0.303 e. The van der Waals surface area contributed by atoms with Crippen molar-refractivity contribution in [3.05, 3.63) is 59.2 Å². The molecule has 2 aromatic carbocycles. The number of allylic oxidation sites excluding steroid dienone is 1. The van der Waals surface area contributed by atoms with E-state index in [0.29, 0.717) is 34.8 Å². The van der Waals surface area contributed by atoms with Crippen LogP contribution in [0.4, 0.5) is 0 Å². The number of rotatable bonds is 4. The van der Waals surface area contributed by atoms with Crippen molar-refractivity contribution in [2.75, 3.05) is 6.61 Å². The van der Waals surface area contributed by atoms with E-state index in [0.717, 1.165) is 5.56 Å². The van der Waals surface area contributed by atoms with E-state index in [1.807, 2.05) is 36.4 Å². The van der Waals surface area contributed by atoms with Crippen molar-refractivity contribution < 1.29 is 29.2 Å². The number of aliphatic hydroxyl groups is 1. The van der Waals surface area contributed by atoms with Gasteiger partial charge >= 0.3 is 5.97 Å². The maximum atomic E-state index is 11.7. The van der Waals surface area contributed by atoms with Gasteiger partial charge in [0.05, 0.1) is 18.1 Å². The standard InChI is InChI=1S/C23H24O6/c1-13(24)28-22(23(2,3)26)16-12-27-19-11-17(25)15-9-10-18(29-21(15)20(16)19)14-7-5-4-6-8-14/h4-8,10-11,16,22,25-26H,9,12H2,1-3H3. The second-order valence-corrected chi connectivity index (χ2v) is 7.96. The molecule has 0 bridgehead atoms. The number of carbonyl (C=O) groups excluding carboxylic acids is 1. The molecule has 2 unspecified atom stereocenters. The molecule has 4 rings (SSSR count). The lowest BCUT2D eigenvalue weighted by Crippen LogP contribution is -2.44. The normalized spacial score (nSPS) is 18.6. The molecule has 0 amide bonds. The summed E-state index contributed by atoms with van der Waals surface area (Å²) in [6.07, 6.45) is 1.59. The Bertz CT molecular complexity index is 971. The van der Waals surface area contributed by atoms with Crippen molar-refractivity contribution in [1.29, 1.82) is 0 Å². The number of fused-ring (bicyclic) bond motifs is 3. The molecule has 0 radical (unpaired) electrons. The van der Waals surface area contributed by atoms with Gasteiger partial charge in [0, 0.05) is 36.1 Å². The first-order valence-electron chi connectivity index (χ1n) is 9.60. The van der Waals surface area contributed by atoms with E-state index in [-0.39, 0.29) is 12.4 Å². The first kappa shape index (κ1) is 19.3. The van der Waals surface area contributed by atoms with Crippen molar-refractivity contribution in [3.8, 4) is 17.2 Å². The molecule has 2 heterocycles. The van der Waals surface area contributed by atoms with Crippen LogP contribution in [0.15, 0.2) is 42.5 Å². The van der Waals surface area contributed by atoms with Crippen molar-refractivity contribution in [2.45, 2.75) is 44.8 Å². The zero-order chi connectivity index (χ0) is 20.8. The summed E-state index contributed by atoms with van der Waals surface area (Å²) in [5.74, 6) is 0.841. The summed E-state index contributed by atoms with van der Waals surface area (Å²) in [4.78, 5) is 11.7. The topological polar surface area (TPSA) is 85.2 Å². The average Bonchev–Trinajstić information content (AvgIpc) is 3.09. The summed E-state index contributed by atoms with van der Waals surface area (Å²) in [7, 11) is 0. The van der Waals surface area contributed by atoms with Crippen LogP contribution in [0, 0.1) is 0 Å². The smallest absolute Gasteiger partial charge is 0.303 e. The van der Waals surface area contributed by atoms with Gasteiger partial charge in [-0.3, -0.25) is 4.79 Å². The summed E-state index contributed by atoms with van der Waals surface area (Å²) in [5, 5.41) is 21.2. The van der Waals surface area contributed by atoms with Crippen LogP contribution in [-0.4, -0.2) is 34.5 Å². The van der Waals surface area contributed by atoms with Gasteiger partial charge in [-0.25, -0.2) is 0 Å². The summed E-state index contributed by atoms with van der Waals surface area (Å²) < 4.78 is 17.5. The first-order chi connectivity index (χ1) is 13.8. The first-order valence-corrected chi connectivity index (χ1v) is 9.60. The number of hydrogen-bond acceptors (Lipinski definition) is 6. The van der Waals surface area contributed by atoms with Crippen LogP contribution in [0.5, 0.6) is 17.2 Å². The fourth-order valence-electron chi connectivity index (χ4n) is 3.99. The third-order valence-corrected chi connectivity index (χ3v) is 5.27. The van der Waals surface area contributed by atoms with Gasteiger partial charge in [0.25, 0.3) is 0 Å². The third-order valence-electron chi connectivity index (χ3n) is 5.27. The summed E-state index contributed by atoms with van der Waals surface area (Å²) >= 11 is 0. The van der Waals surface area contributed by atoms with Gasteiger partial charge in [-0.15, -0.1) is 0 Å². The Hall–Kier alpha value is -2.99. The molecule has 0 saturated heterocycles. The lowest BCUT2D eigenvalue weighted by molar-refractivity contribution is -0.162. The van der Waals surface area contributed by atoms with Crippen LogP contribution in [-0.2, 0) is 16.0 Å². The Balaban J connectivity index is 1.79. The zero-order valence-corrected chi connectivity index (χ0v) is 16.6. The van der Waals surface area contributed by atoms with Crippen LogP contribution in [0.2, 0.25) is 0 Å². The monoisotopic (exact) mass is 396 g/mol. The molecule has 6 heteroatoms. The summed E-state index contributed by atoms with van der Waals surface area (Å²) in [6, 6.07) is 11.3.